The minimum atomic E-state index is 0.143. The van der Waals surface area contributed by atoms with Gasteiger partial charge >= 0.3 is 0 Å². The quantitative estimate of drug-likeness (QED) is 0.885. The summed E-state index contributed by atoms with van der Waals surface area (Å²) in [7, 11) is 1.68. The van der Waals surface area contributed by atoms with Crippen molar-refractivity contribution in [2.24, 2.45) is 0 Å². The van der Waals surface area contributed by atoms with Crippen LogP contribution in [0.25, 0.3) is 0 Å². The Bertz CT molecular complexity index is 444. The predicted molar refractivity (Wildman–Crippen MR) is 64.9 cm³/mol. The number of ether oxygens (including phenoxy) is 1. The Morgan fingerprint density at radius 3 is 2.88 bits per heavy atom. The molecule has 1 N–H and O–H groups in total. The van der Waals surface area contributed by atoms with Crippen LogP contribution in [-0.2, 0) is 0 Å². The van der Waals surface area contributed by atoms with Gasteiger partial charge in [-0.15, -0.1) is 10.2 Å². The van der Waals surface area contributed by atoms with Gasteiger partial charge in [-0.1, -0.05) is 29.5 Å². The number of nitrogens with zero attached hydrogens (tertiary/aromatic N) is 2. The third-order valence-corrected chi connectivity index (χ3v) is 2.93. The van der Waals surface area contributed by atoms with E-state index in [0.717, 1.165) is 16.4 Å². The van der Waals surface area contributed by atoms with Crippen molar-refractivity contribution in [3.05, 3.63) is 35.3 Å². The summed E-state index contributed by atoms with van der Waals surface area (Å²) in [6.07, 6.45) is 0. The molecule has 2 aromatic rings. The number of hydrogen-bond acceptors (Lipinski definition) is 5. The van der Waals surface area contributed by atoms with E-state index < -0.39 is 0 Å². The number of methoxy groups -OCH3 is 1. The molecule has 4 nitrogen and oxygen atoms in total. The second-order valence-electron chi connectivity index (χ2n) is 3.35. The molecule has 2 rings (SSSR count). The minimum absolute atomic E-state index is 0.143. The zero-order chi connectivity index (χ0) is 11.4. The van der Waals surface area contributed by atoms with Crippen LogP contribution in [-0.4, -0.2) is 17.3 Å². The van der Waals surface area contributed by atoms with Gasteiger partial charge in [-0.05, 0) is 13.0 Å². The lowest BCUT2D eigenvalue weighted by Crippen LogP contribution is -2.07. The summed E-state index contributed by atoms with van der Waals surface area (Å²) >= 11 is 1.49. The van der Waals surface area contributed by atoms with E-state index >= 15 is 0 Å². The molecule has 84 valence electrons. The van der Waals surface area contributed by atoms with Crippen LogP contribution in [0.2, 0.25) is 0 Å². The number of nitrogens with one attached hydrogen (secondary N) is 1. The summed E-state index contributed by atoms with van der Waals surface area (Å²) < 4.78 is 5.31. The molecule has 0 aliphatic rings. The highest BCUT2D eigenvalue weighted by Gasteiger charge is 2.11. The number of anilines is 1. The van der Waals surface area contributed by atoms with Crippen LogP contribution >= 0.6 is 11.3 Å². The van der Waals surface area contributed by atoms with Crippen molar-refractivity contribution in [3.8, 4) is 5.75 Å². The highest BCUT2D eigenvalue weighted by atomic mass is 32.1. The molecule has 16 heavy (non-hydrogen) atoms. The summed E-state index contributed by atoms with van der Waals surface area (Å²) in [5.74, 6) is 0.881. The van der Waals surface area contributed by atoms with E-state index in [-0.39, 0.29) is 6.04 Å². The Labute approximate surface area is 98.3 Å². The number of hydrogen-bond donors (Lipinski definition) is 1. The molecule has 0 bridgehead atoms. The van der Waals surface area contributed by atoms with Crippen LogP contribution in [0, 0.1) is 0 Å². The molecular weight excluding hydrogens is 222 g/mol. The Morgan fingerprint density at radius 1 is 1.38 bits per heavy atom. The minimum Gasteiger partial charge on any atom is -0.496 e. The maximum absolute atomic E-state index is 5.31. The van der Waals surface area contributed by atoms with Crippen LogP contribution < -0.4 is 10.1 Å². The van der Waals surface area contributed by atoms with E-state index in [1.165, 1.54) is 11.3 Å². The van der Waals surface area contributed by atoms with Crippen molar-refractivity contribution >= 4 is 16.5 Å². The highest BCUT2D eigenvalue weighted by Crippen LogP contribution is 2.27. The number of para-hydroxylation sites is 1. The first-order valence-corrected chi connectivity index (χ1v) is 5.85. The van der Waals surface area contributed by atoms with Crippen molar-refractivity contribution in [2.45, 2.75) is 13.0 Å². The second kappa shape index (κ2) is 4.94. The van der Waals surface area contributed by atoms with Crippen LogP contribution in [0.1, 0.15) is 18.5 Å². The van der Waals surface area contributed by atoms with Gasteiger partial charge < -0.3 is 10.1 Å². The molecule has 1 atom stereocenters. The molecule has 5 heteroatoms. The zero-order valence-corrected chi connectivity index (χ0v) is 9.99. The largest absolute Gasteiger partial charge is 0.496 e. The van der Waals surface area contributed by atoms with Gasteiger partial charge in [0.05, 0.1) is 13.2 Å². The van der Waals surface area contributed by atoms with E-state index in [1.807, 2.05) is 24.3 Å². The summed E-state index contributed by atoms with van der Waals surface area (Å²) in [4.78, 5) is 0. The normalized spacial score (nSPS) is 12.1. The molecule has 0 saturated carbocycles. The van der Waals surface area contributed by atoms with Gasteiger partial charge in [0.15, 0.2) is 0 Å². The third-order valence-electron chi connectivity index (χ3n) is 2.31. The smallest absolute Gasteiger partial charge is 0.205 e. The van der Waals surface area contributed by atoms with Gasteiger partial charge in [-0.3, -0.25) is 0 Å². The standard InChI is InChI=1S/C11H13N3OS/c1-8(13-11-14-12-7-16-11)9-5-3-4-6-10(9)15-2/h3-8H,1-2H3,(H,13,14). The van der Waals surface area contributed by atoms with E-state index in [1.54, 1.807) is 12.6 Å². The molecular formula is C11H13N3OS. The van der Waals surface area contributed by atoms with E-state index in [2.05, 4.69) is 22.4 Å². The summed E-state index contributed by atoms with van der Waals surface area (Å²) in [5.41, 5.74) is 2.82. The van der Waals surface area contributed by atoms with Gasteiger partial charge in [-0.25, -0.2) is 0 Å². The van der Waals surface area contributed by atoms with Crippen molar-refractivity contribution in [3.63, 3.8) is 0 Å². The van der Waals surface area contributed by atoms with E-state index in [9.17, 15) is 0 Å². The Morgan fingerprint density at radius 2 is 2.19 bits per heavy atom. The summed E-state index contributed by atoms with van der Waals surface area (Å²) in [5, 5.41) is 11.8. The number of aromatic nitrogens is 2. The Hall–Kier alpha value is -1.62. The highest BCUT2D eigenvalue weighted by molar-refractivity contribution is 7.13. The fourth-order valence-electron chi connectivity index (χ4n) is 1.52. The first-order chi connectivity index (χ1) is 7.81. The fourth-order valence-corrected chi connectivity index (χ4v) is 2.06. The Balaban J connectivity index is 2.17. The van der Waals surface area contributed by atoms with Crippen LogP contribution in [0.15, 0.2) is 29.8 Å². The molecule has 0 radical (unpaired) electrons. The maximum atomic E-state index is 5.31. The molecule has 1 heterocycles. The first-order valence-electron chi connectivity index (χ1n) is 4.97. The second-order valence-corrected chi connectivity index (χ2v) is 4.19. The van der Waals surface area contributed by atoms with Crippen molar-refractivity contribution in [2.75, 3.05) is 12.4 Å². The third kappa shape index (κ3) is 2.30. The molecule has 0 aliphatic heterocycles. The van der Waals surface area contributed by atoms with Crippen molar-refractivity contribution < 1.29 is 4.74 Å². The lowest BCUT2D eigenvalue weighted by Gasteiger charge is -2.16. The lowest BCUT2D eigenvalue weighted by atomic mass is 10.1. The SMILES string of the molecule is COc1ccccc1C(C)Nc1nncs1. The van der Waals surface area contributed by atoms with E-state index in [0.29, 0.717) is 0 Å². The van der Waals surface area contributed by atoms with Gasteiger partial charge in [0.2, 0.25) is 5.13 Å². The Kier molecular flexibility index (Phi) is 3.36. The maximum Gasteiger partial charge on any atom is 0.205 e. The van der Waals surface area contributed by atoms with Gasteiger partial charge in [0.25, 0.3) is 0 Å². The lowest BCUT2D eigenvalue weighted by molar-refractivity contribution is 0.408. The van der Waals surface area contributed by atoms with Crippen molar-refractivity contribution in [1.82, 2.24) is 10.2 Å². The number of rotatable bonds is 4. The molecule has 1 unspecified atom stereocenters. The molecule has 0 saturated heterocycles. The molecule has 1 aromatic carbocycles. The number of benzene rings is 1. The molecule has 0 aliphatic carbocycles. The zero-order valence-electron chi connectivity index (χ0n) is 9.18. The monoisotopic (exact) mass is 235 g/mol. The summed E-state index contributed by atoms with van der Waals surface area (Å²) in [6.45, 7) is 2.07. The molecule has 0 fully saturated rings. The van der Waals surface area contributed by atoms with Crippen LogP contribution in [0.3, 0.4) is 0 Å². The van der Waals surface area contributed by atoms with Crippen LogP contribution in [0.5, 0.6) is 5.75 Å². The molecule has 0 amide bonds. The fraction of sp³-hybridized carbons (Fsp3) is 0.273. The topological polar surface area (TPSA) is 47.0 Å². The molecule has 1 aromatic heterocycles. The first kappa shape index (κ1) is 10.9. The predicted octanol–water partition coefficient (Wildman–Crippen LogP) is 2.72. The van der Waals surface area contributed by atoms with Gasteiger partial charge in [0, 0.05) is 5.56 Å². The average molecular weight is 235 g/mol. The summed E-state index contributed by atoms with van der Waals surface area (Å²) in [6, 6.07) is 8.09. The van der Waals surface area contributed by atoms with E-state index in [4.69, 9.17) is 4.74 Å². The van der Waals surface area contributed by atoms with Crippen LogP contribution in [0.4, 0.5) is 5.13 Å². The molecule has 0 spiro atoms. The van der Waals surface area contributed by atoms with Gasteiger partial charge in [0.1, 0.15) is 11.3 Å². The van der Waals surface area contributed by atoms with Crippen molar-refractivity contribution in [1.29, 1.82) is 0 Å². The average Bonchev–Trinajstić information content (AvgIpc) is 2.81. The van der Waals surface area contributed by atoms with Gasteiger partial charge in [-0.2, -0.15) is 0 Å².